The number of aryl methyl sites for hydroxylation is 1. The van der Waals surface area contributed by atoms with Gasteiger partial charge in [-0.3, -0.25) is 9.59 Å². The van der Waals surface area contributed by atoms with Crippen LogP contribution in [-0.4, -0.2) is 43.0 Å². The summed E-state index contributed by atoms with van der Waals surface area (Å²) in [6.45, 7) is 4.02. The number of carbonyl (C=O) groups excluding carboxylic acids is 2. The van der Waals surface area contributed by atoms with Crippen molar-refractivity contribution in [2.75, 3.05) is 26.2 Å². The highest BCUT2D eigenvalue weighted by Gasteiger charge is 2.22. The fourth-order valence-electron chi connectivity index (χ4n) is 3.09. The van der Waals surface area contributed by atoms with Crippen LogP contribution in [0.3, 0.4) is 0 Å². The molecule has 1 aromatic heterocycles. The van der Waals surface area contributed by atoms with Gasteiger partial charge in [0.25, 0.3) is 5.91 Å². The van der Waals surface area contributed by atoms with Crippen LogP contribution >= 0.6 is 0 Å². The minimum absolute atomic E-state index is 0.00890. The summed E-state index contributed by atoms with van der Waals surface area (Å²) in [5, 5.41) is 2.93. The van der Waals surface area contributed by atoms with E-state index in [0.717, 1.165) is 18.4 Å². The van der Waals surface area contributed by atoms with Crippen LogP contribution < -0.4 is 10.1 Å². The van der Waals surface area contributed by atoms with Crippen LogP contribution in [0.25, 0.3) is 6.08 Å². The molecule has 3 rings (SSSR count). The number of ether oxygens (including phenoxy) is 1. The van der Waals surface area contributed by atoms with Gasteiger partial charge in [-0.15, -0.1) is 0 Å². The Kier molecular flexibility index (Phi) is 6.89. The molecule has 1 aromatic carbocycles. The Morgan fingerprint density at radius 2 is 1.96 bits per heavy atom. The Bertz CT molecular complexity index is 788. The van der Waals surface area contributed by atoms with Crippen molar-refractivity contribution >= 4 is 17.9 Å². The van der Waals surface area contributed by atoms with Gasteiger partial charge in [-0.25, -0.2) is 0 Å². The number of benzene rings is 1. The van der Waals surface area contributed by atoms with Gasteiger partial charge in [-0.05, 0) is 56.0 Å². The topological polar surface area (TPSA) is 71.8 Å². The number of nitrogens with one attached hydrogen (secondary N) is 1. The second-order valence-electron chi connectivity index (χ2n) is 7.02. The molecule has 1 aliphatic heterocycles. The van der Waals surface area contributed by atoms with E-state index in [2.05, 4.69) is 5.32 Å². The summed E-state index contributed by atoms with van der Waals surface area (Å²) in [5.41, 5.74) is 1.15. The molecule has 6 nitrogen and oxygen atoms in total. The molecule has 0 spiro atoms. The van der Waals surface area contributed by atoms with E-state index in [1.54, 1.807) is 30.5 Å². The molecule has 6 heteroatoms. The third-order valence-corrected chi connectivity index (χ3v) is 4.84. The van der Waals surface area contributed by atoms with E-state index in [1.165, 1.54) is 0 Å². The van der Waals surface area contributed by atoms with Crippen LogP contribution in [0.2, 0.25) is 0 Å². The summed E-state index contributed by atoms with van der Waals surface area (Å²) < 4.78 is 10.7. The number of amides is 2. The summed E-state index contributed by atoms with van der Waals surface area (Å²) in [5.74, 6) is 1.60. The van der Waals surface area contributed by atoms with E-state index in [-0.39, 0.29) is 18.4 Å². The third kappa shape index (κ3) is 6.01. The van der Waals surface area contributed by atoms with Crippen molar-refractivity contribution in [1.29, 1.82) is 0 Å². The minimum Gasteiger partial charge on any atom is -0.484 e. The molecule has 2 heterocycles. The maximum absolute atomic E-state index is 12.2. The fourth-order valence-corrected chi connectivity index (χ4v) is 3.09. The molecule has 2 aromatic rings. The van der Waals surface area contributed by atoms with Crippen LogP contribution in [0.5, 0.6) is 5.75 Å². The Labute approximate surface area is 165 Å². The smallest absolute Gasteiger partial charge is 0.257 e. The molecule has 1 saturated heterocycles. The normalized spacial score (nSPS) is 15.0. The molecular formula is C22H26N2O4. The van der Waals surface area contributed by atoms with E-state index in [4.69, 9.17) is 9.15 Å². The highest BCUT2D eigenvalue weighted by molar-refractivity contribution is 5.91. The number of piperidine rings is 1. The largest absolute Gasteiger partial charge is 0.484 e. The zero-order valence-electron chi connectivity index (χ0n) is 16.1. The highest BCUT2D eigenvalue weighted by atomic mass is 16.5. The lowest BCUT2D eigenvalue weighted by Gasteiger charge is -2.31. The minimum atomic E-state index is -0.125. The van der Waals surface area contributed by atoms with Gasteiger partial charge in [-0.2, -0.15) is 0 Å². The van der Waals surface area contributed by atoms with E-state index in [0.29, 0.717) is 37.1 Å². The molecule has 0 radical (unpaired) electrons. The number of rotatable bonds is 7. The summed E-state index contributed by atoms with van der Waals surface area (Å²) in [6.07, 6.45) is 6.56. The van der Waals surface area contributed by atoms with E-state index in [1.807, 2.05) is 36.1 Å². The lowest BCUT2D eigenvalue weighted by atomic mass is 9.96. The van der Waals surface area contributed by atoms with Gasteiger partial charge in [0, 0.05) is 25.7 Å². The molecule has 0 bridgehead atoms. The van der Waals surface area contributed by atoms with Crippen LogP contribution in [0.15, 0.2) is 53.2 Å². The first-order chi connectivity index (χ1) is 13.6. The lowest BCUT2D eigenvalue weighted by Crippen LogP contribution is -2.41. The van der Waals surface area contributed by atoms with Crippen molar-refractivity contribution < 1.29 is 18.7 Å². The summed E-state index contributed by atoms with van der Waals surface area (Å²) in [7, 11) is 0. The predicted octanol–water partition coefficient (Wildman–Crippen LogP) is 3.04. The summed E-state index contributed by atoms with van der Waals surface area (Å²) in [6, 6.07) is 11.2. The Balaban J connectivity index is 1.33. The molecule has 0 atom stereocenters. The second kappa shape index (κ2) is 9.78. The lowest BCUT2D eigenvalue weighted by molar-refractivity contribution is -0.128. The molecular weight excluding hydrogens is 356 g/mol. The van der Waals surface area contributed by atoms with E-state index < -0.39 is 0 Å². The first kappa shape index (κ1) is 19.7. The van der Waals surface area contributed by atoms with Gasteiger partial charge >= 0.3 is 0 Å². The van der Waals surface area contributed by atoms with Gasteiger partial charge in [0.1, 0.15) is 11.5 Å². The van der Waals surface area contributed by atoms with Gasteiger partial charge in [-0.1, -0.05) is 17.7 Å². The van der Waals surface area contributed by atoms with Gasteiger partial charge < -0.3 is 19.4 Å². The zero-order chi connectivity index (χ0) is 19.8. The molecule has 1 aliphatic rings. The maximum atomic E-state index is 12.2. The van der Waals surface area contributed by atoms with E-state index in [9.17, 15) is 9.59 Å². The van der Waals surface area contributed by atoms with Gasteiger partial charge in [0.05, 0.1) is 6.26 Å². The van der Waals surface area contributed by atoms with Crippen LogP contribution in [-0.2, 0) is 9.59 Å². The molecule has 0 saturated carbocycles. The standard InChI is InChI=1S/C22H26N2O4/c1-17-4-6-20(7-5-17)28-16-21(25)23-15-18-10-12-24(13-11-18)22(26)9-8-19-3-2-14-27-19/h2-9,14,18H,10-13,15-16H2,1H3,(H,23,25)/b9-8+. The van der Waals surface area contributed by atoms with Crippen molar-refractivity contribution in [1.82, 2.24) is 10.2 Å². The molecule has 1 fully saturated rings. The van der Waals surface area contributed by atoms with Crippen LogP contribution in [0.1, 0.15) is 24.2 Å². The Morgan fingerprint density at radius 3 is 2.64 bits per heavy atom. The predicted molar refractivity (Wildman–Crippen MR) is 107 cm³/mol. The Morgan fingerprint density at radius 1 is 1.21 bits per heavy atom. The molecule has 1 N–H and O–H groups in total. The SMILES string of the molecule is Cc1ccc(OCC(=O)NCC2CCN(C(=O)/C=C/c3ccco3)CC2)cc1. The number of likely N-dealkylation sites (tertiary alicyclic amines) is 1. The van der Waals surface area contributed by atoms with Crippen molar-refractivity contribution in [3.63, 3.8) is 0 Å². The van der Waals surface area contributed by atoms with Crippen molar-refractivity contribution in [2.45, 2.75) is 19.8 Å². The monoisotopic (exact) mass is 382 g/mol. The second-order valence-corrected chi connectivity index (χ2v) is 7.02. The third-order valence-electron chi connectivity index (χ3n) is 4.84. The first-order valence-corrected chi connectivity index (χ1v) is 9.57. The van der Waals surface area contributed by atoms with Gasteiger partial charge in [0.15, 0.2) is 6.61 Å². The average molecular weight is 382 g/mol. The quantitative estimate of drug-likeness (QED) is 0.747. The summed E-state index contributed by atoms with van der Waals surface area (Å²) in [4.78, 5) is 26.0. The maximum Gasteiger partial charge on any atom is 0.257 e. The number of furan rings is 1. The molecule has 2 amide bonds. The molecule has 28 heavy (non-hydrogen) atoms. The van der Waals surface area contributed by atoms with Crippen molar-refractivity contribution in [3.8, 4) is 5.75 Å². The molecule has 0 aliphatic carbocycles. The number of hydrogen-bond acceptors (Lipinski definition) is 4. The number of nitrogens with zero attached hydrogens (tertiary/aromatic N) is 1. The molecule has 148 valence electrons. The molecule has 0 unspecified atom stereocenters. The van der Waals surface area contributed by atoms with Crippen molar-refractivity contribution in [2.24, 2.45) is 5.92 Å². The first-order valence-electron chi connectivity index (χ1n) is 9.57. The van der Waals surface area contributed by atoms with Crippen LogP contribution in [0.4, 0.5) is 0 Å². The summed E-state index contributed by atoms with van der Waals surface area (Å²) >= 11 is 0. The van der Waals surface area contributed by atoms with Crippen molar-refractivity contribution in [3.05, 3.63) is 60.1 Å². The van der Waals surface area contributed by atoms with E-state index >= 15 is 0 Å². The Hall–Kier alpha value is -3.02. The fraction of sp³-hybridized carbons (Fsp3) is 0.364. The number of carbonyl (C=O) groups is 2. The van der Waals surface area contributed by atoms with Gasteiger partial charge in [0.2, 0.25) is 5.91 Å². The average Bonchev–Trinajstić information content (AvgIpc) is 3.24. The number of hydrogen-bond donors (Lipinski definition) is 1. The van der Waals surface area contributed by atoms with Crippen LogP contribution in [0, 0.1) is 12.8 Å². The highest BCUT2D eigenvalue weighted by Crippen LogP contribution is 2.17. The zero-order valence-corrected chi connectivity index (χ0v) is 16.1.